The van der Waals surface area contributed by atoms with Gasteiger partial charge in [0, 0.05) is 6.54 Å². The highest BCUT2D eigenvalue weighted by molar-refractivity contribution is 5.89. The van der Waals surface area contributed by atoms with Gasteiger partial charge in [-0.2, -0.15) is 0 Å². The van der Waals surface area contributed by atoms with E-state index in [9.17, 15) is 14.0 Å². The van der Waals surface area contributed by atoms with Gasteiger partial charge in [-0.1, -0.05) is 36.4 Å². The van der Waals surface area contributed by atoms with Crippen LogP contribution in [-0.4, -0.2) is 30.6 Å². The first-order valence-electron chi connectivity index (χ1n) is 8.95. The zero-order valence-electron chi connectivity index (χ0n) is 15.2. The van der Waals surface area contributed by atoms with E-state index in [4.69, 9.17) is 4.74 Å². The van der Waals surface area contributed by atoms with Crippen LogP contribution in [0.5, 0.6) is 0 Å². The molecule has 1 aliphatic rings. The number of rotatable bonds is 4. The molecule has 1 amide bonds. The number of carbonyl (C=O) groups excluding carboxylic acids is 2. The van der Waals surface area contributed by atoms with Gasteiger partial charge in [0.05, 0.1) is 18.7 Å². The van der Waals surface area contributed by atoms with Gasteiger partial charge >= 0.3 is 12.1 Å². The van der Waals surface area contributed by atoms with Crippen LogP contribution in [0.2, 0.25) is 0 Å². The standard InChI is InChI=1S/C21H22FNO4/c1-26-20(24)17-11-10-16(13-18(17)22)19-9-5-6-12-23(19)21(25)27-14-15-7-3-2-4-8-15/h2-4,7-8,10-11,13,19H,5-6,9,12,14H2,1H3/t19-/m1/s1. The Balaban J connectivity index is 1.74. The summed E-state index contributed by atoms with van der Waals surface area (Å²) in [6.45, 7) is 0.747. The van der Waals surface area contributed by atoms with Crippen LogP contribution in [0, 0.1) is 5.82 Å². The summed E-state index contributed by atoms with van der Waals surface area (Å²) in [5, 5.41) is 0. The lowest BCUT2D eigenvalue weighted by atomic mass is 9.94. The van der Waals surface area contributed by atoms with Gasteiger partial charge in [0.2, 0.25) is 0 Å². The molecule has 0 radical (unpaired) electrons. The highest BCUT2D eigenvalue weighted by Crippen LogP contribution is 2.32. The molecule has 1 atom stereocenters. The fraction of sp³-hybridized carbons (Fsp3) is 0.333. The van der Waals surface area contributed by atoms with E-state index in [1.54, 1.807) is 11.0 Å². The third-order valence-corrected chi connectivity index (χ3v) is 4.73. The van der Waals surface area contributed by atoms with Gasteiger partial charge in [0.15, 0.2) is 0 Å². The number of carbonyl (C=O) groups is 2. The van der Waals surface area contributed by atoms with Crippen molar-refractivity contribution in [1.29, 1.82) is 0 Å². The molecule has 6 heteroatoms. The number of halogens is 1. The molecule has 0 bridgehead atoms. The number of benzene rings is 2. The number of esters is 1. The molecule has 0 unspecified atom stereocenters. The van der Waals surface area contributed by atoms with E-state index < -0.39 is 17.9 Å². The molecule has 0 aromatic heterocycles. The minimum atomic E-state index is -0.721. The Hall–Kier alpha value is -2.89. The van der Waals surface area contributed by atoms with Crippen molar-refractivity contribution in [3.05, 3.63) is 71.0 Å². The van der Waals surface area contributed by atoms with Crippen molar-refractivity contribution in [3.63, 3.8) is 0 Å². The van der Waals surface area contributed by atoms with Gasteiger partial charge in [-0.05, 0) is 42.5 Å². The summed E-state index contributed by atoms with van der Waals surface area (Å²) in [5.74, 6) is -1.37. The van der Waals surface area contributed by atoms with Crippen molar-refractivity contribution < 1.29 is 23.5 Å². The van der Waals surface area contributed by atoms with Crippen LogP contribution < -0.4 is 0 Å². The van der Waals surface area contributed by atoms with Gasteiger partial charge in [0.1, 0.15) is 12.4 Å². The largest absolute Gasteiger partial charge is 0.465 e. The normalized spacial score (nSPS) is 16.7. The molecule has 2 aromatic rings. The number of ether oxygens (including phenoxy) is 2. The zero-order valence-corrected chi connectivity index (χ0v) is 15.2. The van der Waals surface area contributed by atoms with Gasteiger partial charge < -0.3 is 14.4 Å². The van der Waals surface area contributed by atoms with Crippen molar-refractivity contribution in [1.82, 2.24) is 4.90 Å². The topological polar surface area (TPSA) is 55.8 Å². The minimum Gasteiger partial charge on any atom is -0.465 e. The molecule has 5 nitrogen and oxygen atoms in total. The van der Waals surface area contributed by atoms with E-state index in [0.29, 0.717) is 12.1 Å². The van der Waals surface area contributed by atoms with Crippen LogP contribution in [0.25, 0.3) is 0 Å². The average molecular weight is 371 g/mol. The van der Waals surface area contributed by atoms with Crippen molar-refractivity contribution in [3.8, 4) is 0 Å². The molecule has 0 saturated carbocycles. The number of nitrogens with zero attached hydrogens (tertiary/aromatic N) is 1. The first-order valence-corrected chi connectivity index (χ1v) is 8.95. The second-order valence-electron chi connectivity index (χ2n) is 6.48. The molecule has 1 fully saturated rings. The molecule has 0 aliphatic carbocycles. The Morgan fingerprint density at radius 3 is 2.63 bits per heavy atom. The zero-order chi connectivity index (χ0) is 19.2. The van der Waals surface area contributed by atoms with Gasteiger partial charge in [-0.3, -0.25) is 0 Å². The molecular formula is C21H22FNO4. The summed E-state index contributed by atoms with van der Waals surface area (Å²) < 4.78 is 24.3. The predicted molar refractivity (Wildman–Crippen MR) is 97.7 cm³/mol. The fourth-order valence-corrected chi connectivity index (χ4v) is 3.31. The molecule has 1 saturated heterocycles. The summed E-state index contributed by atoms with van der Waals surface area (Å²) in [5.41, 5.74) is 1.44. The third kappa shape index (κ3) is 4.45. The van der Waals surface area contributed by atoms with Gasteiger partial charge in [0.25, 0.3) is 0 Å². The Kier molecular flexibility index (Phi) is 6.06. The average Bonchev–Trinajstić information content (AvgIpc) is 2.72. The maximum atomic E-state index is 14.3. The van der Waals surface area contributed by atoms with Crippen LogP contribution in [0.15, 0.2) is 48.5 Å². The monoisotopic (exact) mass is 371 g/mol. The number of methoxy groups -OCH3 is 1. The quantitative estimate of drug-likeness (QED) is 0.744. The van der Waals surface area contributed by atoms with Crippen LogP contribution in [-0.2, 0) is 16.1 Å². The SMILES string of the molecule is COC(=O)c1ccc([C@H]2CCCCN2C(=O)OCc2ccccc2)cc1F. The third-order valence-electron chi connectivity index (χ3n) is 4.73. The van der Waals surface area contributed by atoms with Gasteiger partial charge in [-0.25, -0.2) is 14.0 Å². The summed E-state index contributed by atoms with van der Waals surface area (Å²) in [6, 6.07) is 13.6. The first kappa shape index (κ1) is 18.9. The molecule has 3 rings (SSSR count). The Labute approximate surface area is 157 Å². The number of likely N-dealkylation sites (tertiary alicyclic amines) is 1. The van der Waals surface area contributed by atoms with E-state index in [2.05, 4.69) is 4.74 Å². The Morgan fingerprint density at radius 2 is 1.93 bits per heavy atom. The molecule has 0 N–H and O–H groups in total. The molecule has 1 aliphatic heterocycles. The van der Waals surface area contributed by atoms with Crippen molar-refractivity contribution in [2.24, 2.45) is 0 Å². The number of hydrogen-bond acceptors (Lipinski definition) is 4. The minimum absolute atomic E-state index is 0.115. The summed E-state index contributed by atoms with van der Waals surface area (Å²) in [7, 11) is 1.21. The van der Waals surface area contributed by atoms with E-state index >= 15 is 0 Å². The molecule has 1 heterocycles. The van der Waals surface area contributed by atoms with Gasteiger partial charge in [-0.15, -0.1) is 0 Å². The number of hydrogen-bond donors (Lipinski definition) is 0. The molecular weight excluding hydrogens is 349 g/mol. The lowest BCUT2D eigenvalue weighted by molar-refractivity contribution is 0.0592. The number of amides is 1. The summed E-state index contributed by atoms with van der Waals surface area (Å²) in [6.07, 6.45) is 2.12. The fourth-order valence-electron chi connectivity index (χ4n) is 3.31. The Morgan fingerprint density at radius 1 is 1.15 bits per heavy atom. The van der Waals surface area contributed by atoms with Crippen molar-refractivity contribution in [2.75, 3.05) is 13.7 Å². The van der Waals surface area contributed by atoms with E-state index in [1.165, 1.54) is 19.2 Å². The van der Waals surface area contributed by atoms with Crippen LogP contribution >= 0.6 is 0 Å². The van der Waals surface area contributed by atoms with E-state index in [-0.39, 0.29) is 18.2 Å². The first-order chi connectivity index (χ1) is 13.1. The van der Waals surface area contributed by atoms with Crippen LogP contribution in [0.4, 0.5) is 9.18 Å². The second-order valence-corrected chi connectivity index (χ2v) is 6.48. The second kappa shape index (κ2) is 8.66. The smallest absolute Gasteiger partial charge is 0.410 e. The molecule has 142 valence electrons. The van der Waals surface area contributed by atoms with E-state index in [1.807, 2.05) is 30.3 Å². The Bertz CT molecular complexity index is 809. The lowest BCUT2D eigenvalue weighted by Gasteiger charge is -2.35. The molecule has 0 spiro atoms. The number of piperidine rings is 1. The summed E-state index contributed by atoms with van der Waals surface area (Å²) >= 11 is 0. The van der Waals surface area contributed by atoms with Crippen LogP contribution in [0.3, 0.4) is 0 Å². The molecule has 27 heavy (non-hydrogen) atoms. The van der Waals surface area contributed by atoms with Crippen molar-refractivity contribution in [2.45, 2.75) is 31.9 Å². The van der Waals surface area contributed by atoms with E-state index in [0.717, 1.165) is 24.8 Å². The highest BCUT2D eigenvalue weighted by atomic mass is 19.1. The van der Waals surface area contributed by atoms with Crippen molar-refractivity contribution >= 4 is 12.1 Å². The summed E-state index contributed by atoms with van der Waals surface area (Å²) in [4.78, 5) is 25.8. The molecule has 2 aromatic carbocycles. The van der Waals surface area contributed by atoms with Crippen LogP contribution in [0.1, 0.15) is 46.8 Å². The lowest BCUT2D eigenvalue weighted by Crippen LogP contribution is -2.38. The predicted octanol–water partition coefficient (Wildman–Crippen LogP) is 4.48. The maximum absolute atomic E-state index is 14.3. The highest BCUT2D eigenvalue weighted by Gasteiger charge is 2.30. The maximum Gasteiger partial charge on any atom is 0.410 e.